The largest absolute Gasteiger partial charge is 0.489 e. The van der Waals surface area contributed by atoms with E-state index in [0.717, 1.165) is 36.1 Å². The van der Waals surface area contributed by atoms with Crippen molar-refractivity contribution in [2.75, 3.05) is 0 Å². The summed E-state index contributed by atoms with van der Waals surface area (Å²) in [4.78, 5) is 0. The normalized spacial score (nSPS) is 11.3. The number of rotatable bonds is 7. The lowest BCUT2D eigenvalue weighted by Crippen LogP contribution is -2.06. The van der Waals surface area contributed by atoms with E-state index in [4.69, 9.17) is 9.47 Å². The van der Waals surface area contributed by atoms with E-state index in [0.29, 0.717) is 5.75 Å². The van der Waals surface area contributed by atoms with E-state index in [-0.39, 0.29) is 18.1 Å². The minimum absolute atomic E-state index is 0.0844. The van der Waals surface area contributed by atoms with Gasteiger partial charge in [0.2, 0.25) is 0 Å². The average Bonchev–Trinajstić information content (AvgIpc) is 2.68. The van der Waals surface area contributed by atoms with Crippen LogP contribution in [0.1, 0.15) is 30.0 Å². The summed E-state index contributed by atoms with van der Waals surface area (Å²) in [7, 11) is 0. The highest BCUT2D eigenvalue weighted by Crippen LogP contribution is 2.36. The summed E-state index contributed by atoms with van der Waals surface area (Å²) in [6.45, 7) is 2.26. The summed E-state index contributed by atoms with van der Waals surface area (Å²) in [5.41, 5.74) is 1.22. The lowest BCUT2D eigenvalue weighted by atomic mass is 10.1. The Kier molecular flexibility index (Phi) is 6.24. The highest BCUT2D eigenvalue weighted by molar-refractivity contribution is 5.42. The smallest absolute Gasteiger partial charge is 0.416 e. The van der Waals surface area contributed by atoms with Crippen LogP contribution in [0.15, 0.2) is 72.8 Å². The monoisotopic (exact) mass is 386 g/mol. The van der Waals surface area contributed by atoms with Gasteiger partial charge in [0, 0.05) is 6.07 Å². The number of ether oxygens (including phenoxy) is 2. The van der Waals surface area contributed by atoms with Crippen LogP contribution in [0.25, 0.3) is 0 Å². The molecule has 28 heavy (non-hydrogen) atoms. The zero-order chi connectivity index (χ0) is 20.0. The summed E-state index contributed by atoms with van der Waals surface area (Å²) in [6.07, 6.45) is -2.52. The fraction of sp³-hybridized carbons (Fsp3) is 0.217. The van der Waals surface area contributed by atoms with Gasteiger partial charge in [-0.15, -0.1) is 0 Å². The second-order valence-corrected chi connectivity index (χ2v) is 6.46. The first-order valence-corrected chi connectivity index (χ1v) is 9.10. The molecule has 0 spiro atoms. The Balaban J connectivity index is 1.81. The fourth-order valence-electron chi connectivity index (χ4n) is 2.77. The van der Waals surface area contributed by atoms with Crippen molar-refractivity contribution in [1.82, 2.24) is 0 Å². The highest BCUT2D eigenvalue weighted by Gasteiger charge is 2.31. The minimum atomic E-state index is -4.49. The third kappa shape index (κ3) is 5.52. The van der Waals surface area contributed by atoms with Crippen molar-refractivity contribution in [2.24, 2.45) is 0 Å². The molecule has 0 aromatic heterocycles. The Morgan fingerprint density at radius 3 is 2.07 bits per heavy atom. The lowest BCUT2D eigenvalue weighted by molar-refractivity contribution is -0.137. The van der Waals surface area contributed by atoms with E-state index in [1.165, 1.54) is 6.07 Å². The van der Waals surface area contributed by atoms with E-state index < -0.39 is 11.7 Å². The molecule has 0 saturated heterocycles. The molecule has 0 heterocycles. The van der Waals surface area contributed by atoms with Gasteiger partial charge in [-0.25, -0.2) is 0 Å². The fourth-order valence-corrected chi connectivity index (χ4v) is 2.77. The Morgan fingerprint density at radius 1 is 0.750 bits per heavy atom. The van der Waals surface area contributed by atoms with Gasteiger partial charge in [-0.3, -0.25) is 0 Å². The summed E-state index contributed by atoms with van der Waals surface area (Å²) in [5.74, 6) is 0.672. The molecule has 3 rings (SSSR count). The van der Waals surface area contributed by atoms with Crippen molar-refractivity contribution in [3.8, 4) is 17.2 Å². The van der Waals surface area contributed by atoms with Crippen molar-refractivity contribution in [2.45, 2.75) is 32.5 Å². The maximum absolute atomic E-state index is 13.3. The molecule has 0 amide bonds. The molecular weight excluding hydrogens is 365 g/mol. The molecule has 0 radical (unpaired) electrons. The van der Waals surface area contributed by atoms with Crippen LogP contribution in [-0.2, 0) is 19.2 Å². The topological polar surface area (TPSA) is 18.5 Å². The van der Waals surface area contributed by atoms with Crippen LogP contribution in [0.3, 0.4) is 0 Å². The highest BCUT2D eigenvalue weighted by atomic mass is 19.4. The van der Waals surface area contributed by atoms with Gasteiger partial charge in [0.05, 0.1) is 5.56 Å². The molecule has 0 bridgehead atoms. The Hall–Kier alpha value is -2.95. The van der Waals surface area contributed by atoms with E-state index in [9.17, 15) is 13.2 Å². The molecule has 0 N–H and O–H groups in total. The number of halogens is 3. The first-order valence-electron chi connectivity index (χ1n) is 9.10. The standard InChI is InChI=1S/C23H21F3O2/c1-2-6-17-9-11-20(12-10-17)28-22-14-19(23(24,25)26)13-21(15-22)27-16-18-7-4-3-5-8-18/h3-5,7-15H,2,6,16H2,1H3. The van der Waals surface area contributed by atoms with Gasteiger partial charge in [-0.05, 0) is 41.8 Å². The number of hydrogen-bond acceptors (Lipinski definition) is 2. The van der Waals surface area contributed by atoms with E-state index >= 15 is 0 Å². The van der Waals surface area contributed by atoms with Crippen molar-refractivity contribution in [3.63, 3.8) is 0 Å². The minimum Gasteiger partial charge on any atom is -0.489 e. The second-order valence-electron chi connectivity index (χ2n) is 6.46. The molecule has 2 nitrogen and oxygen atoms in total. The number of aryl methyl sites for hydroxylation is 1. The van der Waals surface area contributed by atoms with Crippen LogP contribution in [0.5, 0.6) is 17.2 Å². The molecule has 146 valence electrons. The predicted molar refractivity (Wildman–Crippen MR) is 103 cm³/mol. The van der Waals surface area contributed by atoms with Crippen molar-refractivity contribution in [3.05, 3.63) is 89.5 Å². The molecule has 3 aromatic rings. The molecule has 0 saturated carbocycles. The molecular formula is C23H21F3O2. The molecule has 0 aliphatic heterocycles. The van der Waals surface area contributed by atoms with Gasteiger partial charge in [-0.2, -0.15) is 13.2 Å². The van der Waals surface area contributed by atoms with Gasteiger partial charge < -0.3 is 9.47 Å². The van der Waals surface area contributed by atoms with Crippen LogP contribution < -0.4 is 9.47 Å². The molecule has 0 fully saturated rings. The summed E-state index contributed by atoms with van der Waals surface area (Å²) < 4.78 is 51.1. The SMILES string of the molecule is CCCc1ccc(Oc2cc(OCc3ccccc3)cc(C(F)(F)F)c2)cc1. The zero-order valence-corrected chi connectivity index (χ0v) is 15.5. The molecule has 3 aromatic carbocycles. The van der Waals surface area contributed by atoms with Gasteiger partial charge in [0.25, 0.3) is 0 Å². The Labute approximate surface area is 162 Å². The first kappa shape index (κ1) is 19.8. The average molecular weight is 386 g/mol. The Morgan fingerprint density at radius 2 is 1.43 bits per heavy atom. The summed E-state index contributed by atoms with van der Waals surface area (Å²) in [6, 6.07) is 20.1. The molecule has 0 atom stereocenters. The van der Waals surface area contributed by atoms with Crippen LogP contribution in [0.2, 0.25) is 0 Å². The van der Waals surface area contributed by atoms with E-state index in [1.54, 1.807) is 12.1 Å². The number of benzene rings is 3. The van der Waals surface area contributed by atoms with Crippen LogP contribution in [0.4, 0.5) is 13.2 Å². The van der Waals surface area contributed by atoms with Gasteiger partial charge in [-0.1, -0.05) is 55.8 Å². The molecule has 0 unspecified atom stereocenters. The number of hydrogen-bond donors (Lipinski definition) is 0. The van der Waals surface area contributed by atoms with Gasteiger partial charge >= 0.3 is 6.18 Å². The van der Waals surface area contributed by atoms with Crippen LogP contribution in [0, 0.1) is 0 Å². The van der Waals surface area contributed by atoms with Crippen molar-refractivity contribution >= 4 is 0 Å². The molecule has 5 heteroatoms. The zero-order valence-electron chi connectivity index (χ0n) is 15.5. The van der Waals surface area contributed by atoms with E-state index in [2.05, 4.69) is 6.92 Å². The van der Waals surface area contributed by atoms with Gasteiger partial charge in [0.1, 0.15) is 23.9 Å². The molecule has 0 aliphatic carbocycles. The van der Waals surface area contributed by atoms with Crippen molar-refractivity contribution < 1.29 is 22.6 Å². The van der Waals surface area contributed by atoms with Gasteiger partial charge in [0.15, 0.2) is 0 Å². The van der Waals surface area contributed by atoms with Crippen molar-refractivity contribution in [1.29, 1.82) is 0 Å². The lowest BCUT2D eigenvalue weighted by Gasteiger charge is -2.14. The maximum atomic E-state index is 13.3. The third-order valence-corrected chi connectivity index (χ3v) is 4.15. The molecule has 0 aliphatic rings. The maximum Gasteiger partial charge on any atom is 0.416 e. The first-order chi connectivity index (χ1) is 13.4. The quantitative estimate of drug-likeness (QED) is 0.434. The predicted octanol–water partition coefficient (Wildman–Crippen LogP) is 7.03. The Bertz CT molecular complexity index is 888. The van der Waals surface area contributed by atoms with Crippen LogP contribution in [-0.4, -0.2) is 0 Å². The van der Waals surface area contributed by atoms with E-state index in [1.807, 2.05) is 42.5 Å². The second kappa shape index (κ2) is 8.83. The number of alkyl halides is 3. The summed E-state index contributed by atoms with van der Waals surface area (Å²) in [5, 5.41) is 0. The summed E-state index contributed by atoms with van der Waals surface area (Å²) >= 11 is 0. The van der Waals surface area contributed by atoms with Crippen LogP contribution >= 0.6 is 0 Å². The third-order valence-electron chi connectivity index (χ3n) is 4.15.